The highest BCUT2D eigenvalue weighted by atomic mass is 16.7. The molecule has 1 aliphatic rings. The van der Waals surface area contributed by atoms with Gasteiger partial charge in [-0.2, -0.15) is 0 Å². The lowest BCUT2D eigenvalue weighted by Gasteiger charge is -2.33. The van der Waals surface area contributed by atoms with Crippen molar-refractivity contribution >= 4 is 11.8 Å². The summed E-state index contributed by atoms with van der Waals surface area (Å²) >= 11 is 0. The van der Waals surface area contributed by atoms with Crippen molar-refractivity contribution < 1.29 is 19.1 Å². The summed E-state index contributed by atoms with van der Waals surface area (Å²) in [5.74, 6) is 1.27. The molecule has 0 radical (unpaired) electrons. The van der Waals surface area contributed by atoms with Crippen LogP contribution < -0.4 is 14.8 Å². The lowest BCUT2D eigenvalue weighted by Crippen LogP contribution is -2.53. The molecule has 0 fully saturated rings. The molecule has 2 amide bonds. The lowest BCUT2D eigenvalue weighted by atomic mass is 10.0. The molecule has 6 nitrogen and oxygen atoms in total. The molecule has 1 atom stereocenters. The first-order valence-electron chi connectivity index (χ1n) is 11.2. The van der Waals surface area contributed by atoms with Crippen LogP contribution in [0.3, 0.4) is 0 Å². The second kappa shape index (κ2) is 10.1. The highest BCUT2D eigenvalue weighted by Crippen LogP contribution is 2.32. The second-order valence-electron chi connectivity index (χ2n) is 9.36. The Balaban J connectivity index is 1.77. The van der Waals surface area contributed by atoms with Crippen LogP contribution in [0.1, 0.15) is 57.2 Å². The number of nitrogens with zero attached hydrogens (tertiary/aromatic N) is 1. The van der Waals surface area contributed by atoms with E-state index in [1.807, 2.05) is 77.1 Å². The van der Waals surface area contributed by atoms with E-state index >= 15 is 0 Å². The number of carbonyl (C=O) groups is 2. The summed E-state index contributed by atoms with van der Waals surface area (Å²) in [5, 5.41) is 3.04. The normalized spacial score (nSPS) is 13.5. The molecule has 1 heterocycles. The molecule has 32 heavy (non-hydrogen) atoms. The molecule has 0 bridgehead atoms. The maximum Gasteiger partial charge on any atom is 0.243 e. The first-order valence-corrected chi connectivity index (χ1v) is 11.2. The number of amides is 2. The van der Waals surface area contributed by atoms with Crippen molar-refractivity contribution in [1.29, 1.82) is 0 Å². The number of benzene rings is 2. The maximum atomic E-state index is 13.4. The predicted molar refractivity (Wildman–Crippen MR) is 125 cm³/mol. The van der Waals surface area contributed by atoms with Crippen LogP contribution in [-0.4, -0.2) is 35.1 Å². The highest BCUT2D eigenvalue weighted by Gasteiger charge is 2.30. The highest BCUT2D eigenvalue weighted by molar-refractivity contribution is 5.88. The molecule has 1 aliphatic heterocycles. The summed E-state index contributed by atoms with van der Waals surface area (Å²) < 4.78 is 10.8. The van der Waals surface area contributed by atoms with Gasteiger partial charge >= 0.3 is 0 Å². The van der Waals surface area contributed by atoms with Gasteiger partial charge in [0.25, 0.3) is 0 Å². The zero-order valence-electron chi connectivity index (χ0n) is 19.7. The molecule has 0 aliphatic carbocycles. The van der Waals surface area contributed by atoms with Crippen LogP contribution >= 0.6 is 0 Å². The van der Waals surface area contributed by atoms with E-state index in [1.54, 1.807) is 4.90 Å². The first-order chi connectivity index (χ1) is 15.2. The summed E-state index contributed by atoms with van der Waals surface area (Å²) in [4.78, 5) is 28.1. The molecule has 2 aromatic rings. The third kappa shape index (κ3) is 6.25. The van der Waals surface area contributed by atoms with Gasteiger partial charge < -0.3 is 19.7 Å². The Labute approximate surface area is 190 Å². The van der Waals surface area contributed by atoms with E-state index in [0.717, 1.165) is 22.4 Å². The number of hydrogen-bond donors (Lipinski definition) is 1. The number of fused-ring (bicyclic) bond motifs is 1. The standard InChI is InChI=1S/C26H34N2O4/c1-6-21(25(30)27-26(3,4)5)28(16-20-9-7-18(2)8-10-20)24(29)14-12-19-11-13-22-23(15-19)32-17-31-22/h7-11,13,15,21H,6,12,14,16-17H2,1-5H3,(H,27,30)/t21-/m0/s1. The Morgan fingerprint density at radius 2 is 1.69 bits per heavy atom. The molecule has 172 valence electrons. The van der Waals surface area contributed by atoms with Gasteiger partial charge in [-0.3, -0.25) is 9.59 Å². The van der Waals surface area contributed by atoms with Crippen molar-refractivity contribution in [3.05, 3.63) is 59.2 Å². The number of hydrogen-bond acceptors (Lipinski definition) is 4. The Morgan fingerprint density at radius 1 is 1.03 bits per heavy atom. The van der Waals surface area contributed by atoms with Gasteiger partial charge in [-0.05, 0) is 63.8 Å². The molecule has 0 spiro atoms. The van der Waals surface area contributed by atoms with Gasteiger partial charge in [-0.1, -0.05) is 42.8 Å². The number of carbonyl (C=O) groups excluding carboxylic acids is 2. The van der Waals surface area contributed by atoms with Gasteiger partial charge in [0.1, 0.15) is 6.04 Å². The van der Waals surface area contributed by atoms with Gasteiger partial charge in [-0.15, -0.1) is 0 Å². The van der Waals surface area contributed by atoms with E-state index in [0.29, 0.717) is 31.6 Å². The second-order valence-corrected chi connectivity index (χ2v) is 9.36. The fraction of sp³-hybridized carbons (Fsp3) is 0.462. The van der Waals surface area contributed by atoms with Gasteiger partial charge in [0.05, 0.1) is 0 Å². The van der Waals surface area contributed by atoms with Crippen molar-refractivity contribution in [3.8, 4) is 11.5 Å². The zero-order chi connectivity index (χ0) is 23.3. The number of rotatable bonds is 8. The first kappa shape index (κ1) is 23.6. The van der Waals surface area contributed by atoms with Crippen LogP contribution in [0.2, 0.25) is 0 Å². The van der Waals surface area contributed by atoms with Gasteiger partial charge in [0.15, 0.2) is 11.5 Å². The fourth-order valence-electron chi connectivity index (χ4n) is 3.75. The average Bonchev–Trinajstić information content (AvgIpc) is 3.20. The van der Waals surface area contributed by atoms with E-state index < -0.39 is 6.04 Å². The fourth-order valence-corrected chi connectivity index (χ4v) is 3.75. The molecular formula is C26H34N2O4. The van der Waals surface area contributed by atoms with Crippen LogP contribution in [0.5, 0.6) is 11.5 Å². The largest absolute Gasteiger partial charge is 0.454 e. The summed E-state index contributed by atoms with van der Waals surface area (Å²) in [5.41, 5.74) is 2.81. The van der Waals surface area contributed by atoms with Gasteiger partial charge in [0, 0.05) is 18.5 Å². The van der Waals surface area contributed by atoms with Crippen LogP contribution in [0.4, 0.5) is 0 Å². The third-order valence-corrected chi connectivity index (χ3v) is 5.42. The average molecular weight is 439 g/mol. The van der Waals surface area contributed by atoms with E-state index in [2.05, 4.69) is 5.32 Å². The number of nitrogens with one attached hydrogen (secondary N) is 1. The quantitative estimate of drug-likeness (QED) is 0.664. The summed E-state index contributed by atoms with van der Waals surface area (Å²) in [6.07, 6.45) is 1.42. The molecule has 0 unspecified atom stereocenters. The SMILES string of the molecule is CC[C@@H](C(=O)NC(C)(C)C)N(Cc1ccc(C)cc1)C(=O)CCc1ccc2c(c1)OCO2. The van der Waals surface area contributed by atoms with Crippen molar-refractivity contribution in [2.24, 2.45) is 0 Å². The van der Waals surface area contributed by atoms with E-state index in [1.165, 1.54) is 0 Å². The monoisotopic (exact) mass is 438 g/mol. The number of aryl methyl sites for hydroxylation is 2. The Kier molecular flexibility index (Phi) is 7.44. The van der Waals surface area contributed by atoms with Gasteiger partial charge in [-0.25, -0.2) is 0 Å². The summed E-state index contributed by atoms with van der Waals surface area (Å²) in [6, 6.07) is 13.3. The molecule has 3 rings (SSSR count). The van der Waals surface area contributed by atoms with E-state index in [9.17, 15) is 9.59 Å². The van der Waals surface area contributed by atoms with Crippen molar-refractivity contribution in [2.45, 2.75) is 72.0 Å². The Hall–Kier alpha value is -3.02. The minimum atomic E-state index is -0.528. The van der Waals surface area contributed by atoms with E-state index in [4.69, 9.17) is 9.47 Å². The number of ether oxygens (including phenoxy) is 2. The zero-order valence-corrected chi connectivity index (χ0v) is 19.7. The molecule has 1 N–H and O–H groups in total. The van der Waals surface area contributed by atoms with Crippen molar-refractivity contribution in [2.75, 3.05) is 6.79 Å². The van der Waals surface area contributed by atoms with Crippen molar-refractivity contribution in [1.82, 2.24) is 10.2 Å². The lowest BCUT2D eigenvalue weighted by molar-refractivity contribution is -0.142. The topological polar surface area (TPSA) is 67.9 Å². The minimum absolute atomic E-state index is 0.0425. The smallest absolute Gasteiger partial charge is 0.243 e. The van der Waals surface area contributed by atoms with Crippen LogP contribution in [-0.2, 0) is 22.6 Å². The third-order valence-electron chi connectivity index (χ3n) is 5.42. The maximum absolute atomic E-state index is 13.4. The van der Waals surface area contributed by atoms with Crippen LogP contribution in [0, 0.1) is 6.92 Å². The van der Waals surface area contributed by atoms with Crippen molar-refractivity contribution in [3.63, 3.8) is 0 Å². The predicted octanol–water partition coefficient (Wildman–Crippen LogP) is 4.38. The molecule has 6 heteroatoms. The summed E-state index contributed by atoms with van der Waals surface area (Å²) in [7, 11) is 0. The van der Waals surface area contributed by atoms with Gasteiger partial charge in [0.2, 0.25) is 18.6 Å². The summed E-state index contributed by atoms with van der Waals surface area (Å²) in [6.45, 7) is 10.4. The molecule has 0 saturated heterocycles. The molecule has 0 saturated carbocycles. The van der Waals surface area contributed by atoms with Crippen LogP contribution in [0.15, 0.2) is 42.5 Å². The molecule has 0 aromatic heterocycles. The van der Waals surface area contributed by atoms with Crippen LogP contribution in [0.25, 0.3) is 0 Å². The minimum Gasteiger partial charge on any atom is -0.454 e. The Bertz CT molecular complexity index is 947. The Morgan fingerprint density at radius 3 is 2.34 bits per heavy atom. The molecular weight excluding hydrogens is 404 g/mol. The van der Waals surface area contributed by atoms with E-state index in [-0.39, 0.29) is 24.1 Å². The molecule has 2 aromatic carbocycles.